The first kappa shape index (κ1) is 41.4. The average molecular weight is 860 g/mol. The molecule has 0 radical (unpaired) electrons. The number of ether oxygens (including phenoxy) is 4. The molecule has 57 heavy (non-hydrogen) atoms. The minimum atomic E-state index is -4.32. The predicted octanol–water partition coefficient (Wildman–Crippen LogP) is 8.03. The molecule has 0 bridgehead atoms. The Morgan fingerprint density at radius 1 is 0.842 bits per heavy atom. The van der Waals surface area contributed by atoms with Crippen molar-refractivity contribution in [1.29, 1.82) is 0 Å². The Labute approximate surface area is 342 Å². The maximum absolute atomic E-state index is 15.5. The number of hydrogen-bond donors (Lipinski definition) is 1. The van der Waals surface area contributed by atoms with Crippen molar-refractivity contribution in [1.82, 2.24) is 29.8 Å². The van der Waals surface area contributed by atoms with Crippen LogP contribution in [0.4, 0.5) is 4.79 Å². The van der Waals surface area contributed by atoms with Crippen LogP contribution in [-0.2, 0) is 34.4 Å². The molecule has 300 valence electrons. The second-order valence-electron chi connectivity index (χ2n) is 14.6. The van der Waals surface area contributed by atoms with E-state index in [9.17, 15) is 4.79 Å². The molecule has 1 amide bonds. The van der Waals surface area contributed by atoms with Gasteiger partial charge in [0.05, 0.1) is 27.9 Å². The topological polar surface area (TPSA) is 147 Å². The van der Waals surface area contributed by atoms with Crippen LogP contribution in [0.3, 0.4) is 0 Å². The molecule has 0 aliphatic heterocycles. The number of nitrogens with zero attached hydrogens (tertiary/aromatic N) is 5. The van der Waals surface area contributed by atoms with Crippen molar-refractivity contribution < 1.29 is 32.2 Å². The molecule has 6 rings (SSSR count). The number of carbonyl (C=O) groups excluding carboxylic acids is 1. The fourth-order valence-electron chi connectivity index (χ4n) is 6.60. The molecule has 0 saturated heterocycles. The summed E-state index contributed by atoms with van der Waals surface area (Å²) in [7, 11) is 0.455. The minimum Gasteiger partial charge on any atom is -0.497 e. The van der Waals surface area contributed by atoms with Gasteiger partial charge in [0.25, 0.3) is 0 Å². The molecule has 1 aliphatic rings. The van der Waals surface area contributed by atoms with Gasteiger partial charge in [-0.05, 0) is 137 Å². The largest absolute Gasteiger partial charge is 0.497 e. The zero-order valence-corrected chi connectivity index (χ0v) is 35.3. The molecule has 1 aliphatic carbocycles. The van der Waals surface area contributed by atoms with E-state index in [2.05, 4.69) is 36.8 Å². The number of alkyl carbamates (subject to hydrolysis) is 1. The number of carbonyl (C=O) groups is 1. The van der Waals surface area contributed by atoms with Crippen molar-refractivity contribution in [3.05, 3.63) is 118 Å². The third-order valence-corrected chi connectivity index (χ3v) is 12.3. The van der Waals surface area contributed by atoms with Gasteiger partial charge in [0, 0.05) is 29.2 Å². The van der Waals surface area contributed by atoms with E-state index in [0.29, 0.717) is 52.1 Å². The number of amides is 1. The quantitative estimate of drug-likeness (QED) is 0.116. The van der Waals surface area contributed by atoms with Gasteiger partial charge in [0.1, 0.15) is 27.7 Å². The summed E-state index contributed by atoms with van der Waals surface area (Å²) in [5.41, 5.74) is 3.74. The molecule has 1 unspecified atom stereocenters. The lowest BCUT2D eigenvalue weighted by molar-refractivity contribution is 0.0501. The highest BCUT2D eigenvalue weighted by Crippen LogP contribution is 2.42. The van der Waals surface area contributed by atoms with Crippen LogP contribution in [0.1, 0.15) is 62.3 Å². The number of allylic oxidation sites excluding steroid dienone is 1. The molecular weight excluding hydrogens is 812 g/mol. The van der Waals surface area contributed by atoms with E-state index in [1.807, 2.05) is 106 Å². The first-order chi connectivity index (χ1) is 27.3. The molecule has 13 nitrogen and oxygen atoms in total. The van der Waals surface area contributed by atoms with Crippen LogP contribution >= 0.6 is 15.9 Å². The van der Waals surface area contributed by atoms with Crippen LogP contribution in [-0.4, -0.2) is 72.0 Å². The number of halogens is 1. The van der Waals surface area contributed by atoms with Crippen LogP contribution in [0, 0.1) is 0 Å². The Bertz CT molecular complexity index is 2260. The predicted molar refractivity (Wildman–Crippen MR) is 220 cm³/mol. The van der Waals surface area contributed by atoms with Gasteiger partial charge in [-0.2, -0.15) is 4.31 Å². The van der Waals surface area contributed by atoms with E-state index in [1.54, 1.807) is 32.1 Å². The molecule has 4 aromatic carbocycles. The summed E-state index contributed by atoms with van der Waals surface area (Å²) in [6.07, 6.45) is 3.24. The number of rotatable bonds is 14. The molecule has 0 saturated carbocycles. The number of hydrogen-bond acceptors (Lipinski definition) is 10. The van der Waals surface area contributed by atoms with Crippen molar-refractivity contribution in [3.63, 3.8) is 0 Å². The van der Waals surface area contributed by atoms with Crippen LogP contribution in [0.15, 0.2) is 100 Å². The molecule has 1 heterocycles. The first-order valence-corrected chi connectivity index (χ1v) is 20.7. The molecule has 0 fully saturated rings. The van der Waals surface area contributed by atoms with E-state index in [0.717, 1.165) is 22.3 Å². The molecular formula is C42H47BrN6O7S. The van der Waals surface area contributed by atoms with Gasteiger partial charge in [-0.25, -0.2) is 17.9 Å². The number of nitrogens with one attached hydrogen (secondary N) is 1. The molecule has 1 aromatic heterocycles. The number of tetrazole rings is 1. The summed E-state index contributed by atoms with van der Waals surface area (Å²) in [4.78, 5) is 12.6. The summed E-state index contributed by atoms with van der Waals surface area (Å²) in [5, 5.41) is 15.9. The van der Waals surface area contributed by atoms with Crippen LogP contribution < -0.4 is 19.5 Å². The number of methoxy groups -OCH3 is 3. The van der Waals surface area contributed by atoms with Gasteiger partial charge in [0.15, 0.2) is 5.82 Å². The smallest absolute Gasteiger partial charge is 0.407 e. The summed E-state index contributed by atoms with van der Waals surface area (Å²) >= 11 is 3.66. The van der Waals surface area contributed by atoms with Gasteiger partial charge in [-0.1, -0.05) is 48.5 Å². The molecule has 5 aromatic rings. The Morgan fingerprint density at radius 2 is 1.39 bits per heavy atom. The lowest BCUT2D eigenvalue weighted by Crippen LogP contribution is -2.39. The third kappa shape index (κ3) is 10.2. The summed E-state index contributed by atoms with van der Waals surface area (Å²) in [6.45, 7) is 5.86. The van der Waals surface area contributed by atoms with Crippen molar-refractivity contribution >= 4 is 37.6 Å². The molecule has 0 spiro atoms. The number of aromatic nitrogens is 4. The molecule has 1 atom stereocenters. The SMILES string of the molecule is COc1ccc(CN(Cc2ccc(OC)cc2)S(=O)(=O)c2c(Br)ccc(C3=CCC(NC(=O)OC(C)(C)C)CC3)c2-c2nnnn2Cc2ccc(OC)cc2)cc1. The molecule has 15 heteroatoms. The van der Waals surface area contributed by atoms with Gasteiger partial charge in [-0.15, -0.1) is 5.10 Å². The first-order valence-electron chi connectivity index (χ1n) is 18.4. The number of benzene rings is 4. The Kier molecular flexibility index (Phi) is 13.0. The summed E-state index contributed by atoms with van der Waals surface area (Å²) in [6, 6.07) is 25.7. The Hall–Kier alpha value is -5.25. The average Bonchev–Trinajstić information content (AvgIpc) is 3.65. The highest BCUT2D eigenvalue weighted by molar-refractivity contribution is 9.10. The third-order valence-electron chi connectivity index (χ3n) is 9.47. The fourth-order valence-corrected chi connectivity index (χ4v) is 9.22. The monoisotopic (exact) mass is 858 g/mol. The zero-order chi connectivity index (χ0) is 40.7. The van der Waals surface area contributed by atoms with Gasteiger partial charge in [0.2, 0.25) is 10.0 Å². The minimum absolute atomic E-state index is 0.0303. The second kappa shape index (κ2) is 17.9. The van der Waals surface area contributed by atoms with Gasteiger partial charge >= 0.3 is 6.09 Å². The molecule has 1 N–H and O–H groups in total. The lowest BCUT2D eigenvalue weighted by atomic mass is 9.88. The van der Waals surface area contributed by atoms with E-state index >= 15 is 8.42 Å². The zero-order valence-electron chi connectivity index (χ0n) is 32.9. The van der Waals surface area contributed by atoms with Crippen LogP contribution in [0.25, 0.3) is 17.0 Å². The van der Waals surface area contributed by atoms with Crippen LogP contribution in [0.2, 0.25) is 0 Å². The van der Waals surface area contributed by atoms with Gasteiger partial charge < -0.3 is 24.3 Å². The van der Waals surface area contributed by atoms with E-state index in [-0.39, 0.29) is 36.4 Å². The van der Waals surface area contributed by atoms with Crippen molar-refractivity contribution in [3.8, 4) is 28.6 Å². The lowest BCUT2D eigenvalue weighted by Gasteiger charge is -2.28. The van der Waals surface area contributed by atoms with E-state index < -0.39 is 21.7 Å². The Morgan fingerprint density at radius 3 is 1.88 bits per heavy atom. The summed E-state index contributed by atoms with van der Waals surface area (Å²) < 4.78 is 55.9. The fraction of sp³-hybridized carbons (Fsp3) is 0.333. The van der Waals surface area contributed by atoms with E-state index in [1.165, 1.54) is 4.31 Å². The highest BCUT2D eigenvalue weighted by Gasteiger charge is 2.35. The van der Waals surface area contributed by atoms with Crippen LogP contribution in [0.5, 0.6) is 17.2 Å². The van der Waals surface area contributed by atoms with E-state index in [4.69, 9.17) is 18.9 Å². The maximum atomic E-state index is 15.5. The maximum Gasteiger partial charge on any atom is 0.407 e. The van der Waals surface area contributed by atoms with Crippen molar-refractivity contribution in [2.45, 2.75) is 76.2 Å². The van der Waals surface area contributed by atoms with Crippen molar-refractivity contribution in [2.75, 3.05) is 21.3 Å². The Balaban J connectivity index is 1.47. The van der Waals surface area contributed by atoms with Gasteiger partial charge in [-0.3, -0.25) is 0 Å². The van der Waals surface area contributed by atoms with Crippen molar-refractivity contribution in [2.24, 2.45) is 0 Å². The standard InChI is InChI=1S/C42H47BrN6O7S/c1-42(2,3)56-41(50)44-32-15-13-31(14-16-32)36-23-24-37(43)39(38(36)40-45-46-47-49(40)27-30-11-21-35(55-6)22-12-30)57(51,52)48(25-28-7-17-33(53-4)18-8-28)26-29-9-19-34(54-5)20-10-29/h7-13,17-24,32H,14-16,25-27H2,1-6H3,(H,44,50). The number of sulfonamides is 1. The summed E-state index contributed by atoms with van der Waals surface area (Å²) in [5.74, 6) is 2.31. The highest BCUT2D eigenvalue weighted by atomic mass is 79.9. The normalized spacial score (nSPS) is 14.5. The second-order valence-corrected chi connectivity index (χ2v) is 17.4.